The molecule has 1 atom stereocenters. The molecule has 1 aromatic rings. The number of carbonyl (C=O) groups is 1. The molecule has 8 heteroatoms. The van der Waals surface area contributed by atoms with Crippen LogP contribution in [0.5, 0.6) is 5.75 Å². The monoisotopic (exact) mass is 431 g/mol. The first-order valence-corrected chi connectivity index (χ1v) is 11.2. The Morgan fingerprint density at radius 1 is 1.23 bits per heavy atom. The van der Waals surface area contributed by atoms with Crippen molar-refractivity contribution in [1.82, 2.24) is 14.9 Å². The molecule has 1 amide bonds. The molecule has 8 nitrogen and oxygen atoms in total. The molecule has 0 aliphatic heterocycles. The lowest BCUT2D eigenvalue weighted by Crippen LogP contribution is -2.34. The number of aromatic nitrogens is 1. The number of nitrogens with zero attached hydrogens (tertiary/aromatic N) is 3. The average Bonchev–Trinajstić information content (AvgIpc) is 3.34. The summed E-state index contributed by atoms with van der Waals surface area (Å²) in [5.74, 6) is 7.21. The number of hydrazine groups is 1. The number of pyridine rings is 1. The van der Waals surface area contributed by atoms with Crippen LogP contribution in [0.1, 0.15) is 58.1 Å². The van der Waals surface area contributed by atoms with Crippen LogP contribution in [0.3, 0.4) is 0 Å². The molecule has 0 saturated heterocycles. The number of likely N-dealkylation sites (N-methyl/N-ethyl adjacent to an activating group) is 1. The van der Waals surface area contributed by atoms with E-state index in [1.54, 1.807) is 31.3 Å². The molecule has 0 spiro atoms. The van der Waals surface area contributed by atoms with Gasteiger partial charge in [-0.3, -0.25) is 4.98 Å². The Labute approximate surface area is 185 Å². The summed E-state index contributed by atoms with van der Waals surface area (Å²) in [6.07, 6.45) is 8.56. The van der Waals surface area contributed by atoms with E-state index in [2.05, 4.69) is 18.8 Å². The van der Waals surface area contributed by atoms with E-state index in [9.17, 15) is 4.79 Å². The summed E-state index contributed by atoms with van der Waals surface area (Å²) in [4.78, 5) is 18.4. The third-order valence-corrected chi connectivity index (χ3v) is 6.46. The number of ether oxygens (including phenoxy) is 2. The van der Waals surface area contributed by atoms with E-state index in [-0.39, 0.29) is 18.8 Å². The van der Waals surface area contributed by atoms with Gasteiger partial charge in [0.1, 0.15) is 12.4 Å². The Balaban J connectivity index is 1.59. The average molecular weight is 432 g/mol. The van der Waals surface area contributed by atoms with Crippen LogP contribution in [0.15, 0.2) is 24.0 Å². The molecule has 4 N–H and O–H groups in total. The topological polar surface area (TPSA) is 107 Å². The molecule has 1 unspecified atom stereocenters. The molecule has 172 valence electrons. The number of hydrogen-bond acceptors (Lipinski definition) is 7. The van der Waals surface area contributed by atoms with E-state index in [1.807, 2.05) is 6.07 Å². The maximum Gasteiger partial charge on any atom is 0.409 e. The normalized spacial score (nSPS) is 21.1. The van der Waals surface area contributed by atoms with Crippen molar-refractivity contribution in [3.8, 4) is 5.75 Å². The molecule has 1 aromatic heterocycles. The smallest absolute Gasteiger partial charge is 0.409 e. The Kier molecular flexibility index (Phi) is 7.30. The maximum atomic E-state index is 12.4. The van der Waals surface area contributed by atoms with Crippen LogP contribution in [-0.2, 0) is 4.74 Å². The van der Waals surface area contributed by atoms with Crippen molar-refractivity contribution < 1.29 is 14.3 Å². The fourth-order valence-corrected chi connectivity index (χ4v) is 4.04. The summed E-state index contributed by atoms with van der Waals surface area (Å²) < 4.78 is 11.5. The highest BCUT2D eigenvalue weighted by atomic mass is 16.6. The van der Waals surface area contributed by atoms with E-state index in [1.165, 1.54) is 24.3 Å². The fourth-order valence-electron chi connectivity index (χ4n) is 4.04. The summed E-state index contributed by atoms with van der Waals surface area (Å²) in [6, 6.07) is 3.68. The summed E-state index contributed by atoms with van der Waals surface area (Å²) >= 11 is 0. The van der Waals surface area contributed by atoms with Gasteiger partial charge in [-0.1, -0.05) is 20.3 Å². The molecular weight excluding hydrogens is 394 g/mol. The summed E-state index contributed by atoms with van der Waals surface area (Å²) in [6.45, 7) is 5.07. The van der Waals surface area contributed by atoms with Gasteiger partial charge in [0, 0.05) is 20.6 Å². The second kappa shape index (κ2) is 9.77. The van der Waals surface area contributed by atoms with Gasteiger partial charge >= 0.3 is 6.09 Å². The first-order chi connectivity index (χ1) is 14.7. The van der Waals surface area contributed by atoms with Crippen molar-refractivity contribution in [1.29, 1.82) is 0 Å². The number of rotatable bonds is 8. The van der Waals surface area contributed by atoms with Crippen LogP contribution in [0.25, 0.3) is 5.70 Å². The Bertz CT molecular complexity index is 785. The molecule has 0 bridgehead atoms. The molecule has 1 heterocycles. The fraction of sp³-hybridized carbons (Fsp3) is 0.652. The lowest BCUT2D eigenvalue weighted by atomic mass is 9.98. The van der Waals surface area contributed by atoms with E-state index < -0.39 is 0 Å². The molecular formula is C23H37N5O3. The van der Waals surface area contributed by atoms with Crippen LogP contribution < -0.4 is 16.3 Å². The highest BCUT2D eigenvalue weighted by molar-refractivity contribution is 5.68. The van der Waals surface area contributed by atoms with Crippen LogP contribution in [0.4, 0.5) is 4.79 Å². The van der Waals surface area contributed by atoms with Crippen LogP contribution in [0, 0.1) is 11.3 Å². The van der Waals surface area contributed by atoms with Gasteiger partial charge in [0.15, 0.2) is 0 Å². The van der Waals surface area contributed by atoms with Gasteiger partial charge in [-0.2, -0.15) is 0 Å². The zero-order valence-electron chi connectivity index (χ0n) is 19.3. The van der Waals surface area contributed by atoms with Crippen molar-refractivity contribution in [2.24, 2.45) is 22.9 Å². The summed E-state index contributed by atoms with van der Waals surface area (Å²) in [7, 11) is 3.41. The van der Waals surface area contributed by atoms with E-state index in [0.29, 0.717) is 35.0 Å². The van der Waals surface area contributed by atoms with Crippen LogP contribution in [0.2, 0.25) is 0 Å². The van der Waals surface area contributed by atoms with Gasteiger partial charge in [0.2, 0.25) is 0 Å². The minimum atomic E-state index is -0.390. The Morgan fingerprint density at radius 2 is 1.90 bits per heavy atom. The standard InChI is InChI=1S/C23H37N5O3/c1-23(2)12-16(23)14-27(3)22(29)30-15-20(28(4)25)21(24)19-11-10-18(13-26-19)31-17-8-6-5-7-9-17/h10-11,13,16-17H,5-9,12,14-15,24-25H2,1-4H3/b21-20-. The lowest BCUT2D eigenvalue weighted by Gasteiger charge is -2.23. The maximum absolute atomic E-state index is 12.4. The third kappa shape index (κ3) is 6.26. The van der Waals surface area contributed by atoms with Gasteiger partial charge in [0.25, 0.3) is 0 Å². The number of carbonyl (C=O) groups excluding carboxylic acids is 1. The predicted molar refractivity (Wildman–Crippen MR) is 121 cm³/mol. The highest BCUT2D eigenvalue weighted by Gasteiger charge is 2.46. The van der Waals surface area contributed by atoms with Gasteiger partial charge in [0.05, 0.1) is 29.4 Å². The van der Waals surface area contributed by atoms with Crippen molar-refractivity contribution >= 4 is 11.8 Å². The largest absolute Gasteiger partial charge is 0.489 e. The quantitative estimate of drug-likeness (QED) is 0.480. The first kappa shape index (κ1) is 23.2. The van der Waals surface area contributed by atoms with Gasteiger partial charge < -0.3 is 25.1 Å². The third-order valence-electron chi connectivity index (χ3n) is 6.46. The van der Waals surface area contributed by atoms with Crippen LogP contribution >= 0.6 is 0 Å². The molecule has 2 saturated carbocycles. The molecule has 0 aromatic carbocycles. The van der Waals surface area contributed by atoms with E-state index in [0.717, 1.165) is 25.0 Å². The number of amides is 1. The Morgan fingerprint density at radius 3 is 2.45 bits per heavy atom. The Hall–Kier alpha value is -2.48. The summed E-state index contributed by atoms with van der Waals surface area (Å²) in [5.41, 5.74) is 8.04. The zero-order valence-corrected chi connectivity index (χ0v) is 19.3. The second-order valence-corrected chi connectivity index (χ2v) is 9.55. The SMILES string of the molecule is CN(CC1CC1(C)C)C(=O)OC/C(=C(/N)c1ccc(OC2CCCCC2)cn1)N(C)N. The predicted octanol–water partition coefficient (Wildman–Crippen LogP) is 3.34. The molecule has 0 radical (unpaired) electrons. The van der Waals surface area contributed by atoms with Gasteiger partial charge in [-0.25, -0.2) is 10.6 Å². The van der Waals surface area contributed by atoms with Crippen molar-refractivity contribution in [2.45, 2.75) is 58.5 Å². The first-order valence-electron chi connectivity index (χ1n) is 11.2. The van der Waals surface area contributed by atoms with Gasteiger partial charge in [-0.15, -0.1) is 0 Å². The molecule has 2 aliphatic carbocycles. The number of hydrogen-bond donors (Lipinski definition) is 2. The van der Waals surface area contributed by atoms with Crippen LogP contribution in [-0.4, -0.2) is 54.3 Å². The van der Waals surface area contributed by atoms with E-state index >= 15 is 0 Å². The summed E-state index contributed by atoms with van der Waals surface area (Å²) in [5, 5.41) is 1.36. The molecule has 2 fully saturated rings. The number of nitrogens with two attached hydrogens (primary N) is 2. The van der Waals surface area contributed by atoms with Crippen molar-refractivity contribution in [2.75, 3.05) is 27.2 Å². The lowest BCUT2D eigenvalue weighted by molar-refractivity contribution is 0.110. The molecule has 2 aliphatic rings. The minimum Gasteiger partial charge on any atom is -0.489 e. The zero-order chi connectivity index (χ0) is 22.6. The van der Waals surface area contributed by atoms with Crippen molar-refractivity contribution in [3.05, 3.63) is 29.7 Å². The minimum absolute atomic E-state index is 0.0297. The van der Waals surface area contributed by atoms with E-state index in [4.69, 9.17) is 21.1 Å². The molecule has 3 rings (SSSR count). The highest BCUT2D eigenvalue weighted by Crippen LogP contribution is 2.51. The van der Waals surface area contributed by atoms with Gasteiger partial charge in [-0.05, 0) is 55.6 Å². The van der Waals surface area contributed by atoms with Crippen molar-refractivity contribution in [3.63, 3.8) is 0 Å². The molecule has 31 heavy (non-hydrogen) atoms. The second-order valence-electron chi connectivity index (χ2n) is 9.55.